The quantitative estimate of drug-likeness (QED) is 0.881. The average Bonchev–Trinajstić information content (AvgIpc) is 3.10. The fourth-order valence-electron chi connectivity index (χ4n) is 2.20. The largest absolute Gasteiger partial charge is 0.352 e. The van der Waals surface area contributed by atoms with Crippen molar-refractivity contribution in [2.75, 3.05) is 6.54 Å². The molecule has 2 aromatic rings. The Balaban J connectivity index is 1.53. The van der Waals surface area contributed by atoms with E-state index in [9.17, 15) is 0 Å². The molecule has 1 aromatic heterocycles. The SMILES string of the molecule is CC1CN=C(NCc2ccc(Cn3ccnc3)cc2)N1. The maximum absolute atomic E-state index is 4.38. The molecule has 20 heavy (non-hydrogen) atoms. The number of rotatable bonds is 4. The Morgan fingerprint density at radius 3 is 2.75 bits per heavy atom. The second-order valence-electron chi connectivity index (χ2n) is 5.14. The van der Waals surface area contributed by atoms with Crippen LogP contribution >= 0.6 is 0 Å². The first-order valence-corrected chi connectivity index (χ1v) is 6.88. The minimum absolute atomic E-state index is 0.440. The van der Waals surface area contributed by atoms with E-state index in [1.54, 1.807) is 6.20 Å². The van der Waals surface area contributed by atoms with Crippen LogP contribution < -0.4 is 10.6 Å². The van der Waals surface area contributed by atoms with Gasteiger partial charge >= 0.3 is 0 Å². The van der Waals surface area contributed by atoms with Crippen LogP contribution in [-0.2, 0) is 13.1 Å². The number of nitrogens with zero attached hydrogens (tertiary/aromatic N) is 3. The maximum Gasteiger partial charge on any atom is 0.191 e. The van der Waals surface area contributed by atoms with Gasteiger partial charge in [-0.05, 0) is 18.1 Å². The van der Waals surface area contributed by atoms with Gasteiger partial charge in [0.15, 0.2) is 5.96 Å². The lowest BCUT2D eigenvalue weighted by atomic mass is 10.1. The normalized spacial score (nSPS) is 17.6. The third-order valence-electron chi connectivity index (χ3n) is 3.31. The first-order valence-electron chi connectivity index (χ1n) is 6.88. The van der Waals surface area contributed by atoms with Crippen molar-refractivity contribution in [1.82, 2.24) is 20.2 Å². The first-order chi connectivity index (χ1) is 9.79. The van der Waals surface area contributed by atoms with Crippen molar-refractivity contribution in [2.45, 2.75) is 26.1 Å². The highest BCUT2D eigenvalue weighted by atomic mass is 15.2. The van der Waals surface area contributed by atoms with E-state index in [-0.39, 0.29) is 0 Å². The van der Waals surface area contributed by atoms with Crippen molar-refractivity contribution in [3.05, 3.63) is 54.1 Å². The molecule has 1 aromatic carbocycles. The summed E-state index contributed by atoms with van der Waals surface area (Å²) < 4.78 is 2.06. The van der Waals surface area contributed by atoms with Gasteiger partial charge < -0.3 is 15.2 Å². The zero-order valence-electron chi connectivity index (χ0n) is 11.6. The summed E-state index contributed by atoms with van der Waals surface area (Å²) in [5, 5.41) is 6.61. The van der Waals surface area contributed by atoms with Crippen LogP contribution in [0.25, 0.3) is 0 Å². The van der Waals surface area contributed by atoms with E-state index < -0.39 is 0 Å². The zero-order chi connectivity index (χ0) is 13.8. The van der Waals surface area contributed by atoms with Crippen LogP contribution in [0.5, 0.6) is 0 Å². The lowest BCUT2D eigenvalue weighted by Gasteiger charge is -2.09. The van der Waals surface area contributed by atoms with Crippen LogP contribution in [0.3, 0.4) is 0 Å². The third kappa shape index (κ3) is 3.17. The summed E-state index contributed by atoms with van der Waals surface area (Å²) >= 11 is 0. The molecule has 1 atom stereocenters. The van der Waals surface area contributed by atoms with Gasteiger partial charge in [-0.2, -0.15) is 0 Å². The third-order valence-corrected chi connectivity index (χ3v) is 3.31. The zero-order valence-corrected chi connectivity index (χ0v) is 11.6. The number of nitrogens with one attached hydrogen (secondary N) is 2. The monoisotopic (exact) mass is 269 g/mol. The van der Waals surface area contributed by atoms with Gasteiger partial charge in [-0.15, -0.1) is 0 Å². The van der Waals surface area contributed by atoms with Gasteiger partial charge in [-0.25, -0.2) is 4.98 Å². The van der Waals surface area contributed by atoms with Crippen LogP contribution in [0.1, 0.15) is 18.1 Å². The number of imidazole rings is 1. The van der Waals surface area contributed by atoms with Crippen molar-refractivity contribution >= 4 is 5.96 Å². The summed E-state index contributed by atoms with van der Waals surface area (Å²) in [7, 11) is 0. The Kier molecular flexibility index (Phi) is 3.67. The molecule has 0 fully saturated rings. The van der Waals surface area contributed by atoms with Crippen molar-refractivity contribution in [3.8, 4) is 0 Å². The molecule has 5 heteroatoms. The van der Waals surface area contributed by atoms with E-state index in [1.165, 1.54) is 11.1 Å². The molecule has 0 saturated heterocycles. The molecular formula is C15H19N5. The average molecular weight is 269 g/mol. The van der Waals surface area contributed by atoms with E-state index in [0.29, 0.717) is 6.04 Å². The van der Waals surface area contributed by atoms with Gasteiger partial charge in [-0.3, -0.25) is 4.99 Å². The van der Waals surface area contributed by atoms with Gasteiger partial charge in [0, 0.05) is 31.5 Å². The molecule has 0 bridgehead atoms. The topological polar surface area (TPSA) is 54.2 Å². The molecule has 1 unspecified atom stereocenters. The van der Waals surface area contributed by atoms with Crippen LogP contribution in [0.15, 0.2) is 48.0 Å². The van der Waals surface area contributed by atoms with Gasteiger partial charge in [0.2, 0.25) is 0 Å². The molecular weight excluding hydrogens is 250 g/mol. The highest BCUT2D eigenvalue weighted by Gasteiger charge is 2.11. The van der Waals surface area contributed by atoms with Crippen LogP contribution in [0, 0.1) is 0 Å². The fourth-order valence-corrected chi connectivity index (χ4v) is 2.20. The molecule has 3 rings (SSSR count). The number of aromatic nitrogens is 2. The van der Waals surface area contributed by atoms with Gasteiger partial charge in [0.1, 0.15) is 0 Å². The van der Waals surface area contributed by atoms with Crippen molar-refractivity contribution in [1.29, 1.82) is 0 Å². The van der Waals surface area contributed by atoms with Gasteiger partial charge in [0.05, 0.1) is 12.9 Å². The highest BCUT2D eigenvalue weighted by Crippen LogP contribution is 2.06. The molecule has 5 nitrogen and oxygen atoms in total. The standard InChI is InChI=1S/C15H19N5/c1-12-8-17-15(19-12)18-9-13-2-4-14(5-3-13)10-20-7-6-16-11-20/h2-7,11-12H,8-10H2,1H3,(H2,17,18,19). The van der Waals surface area contributed by atoms with Crippen molar-refractivity contribution in [3.63, 3.8) is 0 Å². The minimum atomic E-state index is 0.440. The Hall–Kier alpha value is -2.30. The van der Waals surface area contributed by atoms with E-state index in [0.717, 1.165) is 25.6 Å². The lowest BCUT2D eigenvalue weighted by Crippen LogP contribution is -2.37. The van der Waals surface area contributed by atoms with E-state index in [2.05, 4.69) is 56.4 Å². The Morgan fingerprint density at radius 1 is 1.30 bits per heavy atom. The fraction of sp³-hybridized carbons (Fsp3) is 0.333. The Labute approximate surface area is 118 Å². The number of guanidine groups is 1. The van der Waals surface area contributed by atoms with Gasteiger partial charge in [0.25, 0.3) is 0 Å². The van der Waals surface area contributed by atoms with E-state index in [1.807, 2.05) is 12.5 Å². The van der Waals surface area contributed by atoms with E-state index in [4.69, 9.17) is 0 Å². The molecule has 2 heterocycles. The molecule has 0 amide bonds. The Bertz CT molecular complexity index is 571. The molecule has 2 N–H and O–H groups in total. The molecule has 1 aliphatic rings. The second kappa shape index (κ2) is 5.77. The summed E-state index contributed by atoms with van der Waals surface area (Å²) in [6, 6.07) is 9.05. The van der Waals surface area contributed by atoms with Crippen LogP contribution in [0.2, 0.25) is 0 Å². The minimum Gasteiger partial charge on any atom is -0.352 e. The second-order valence-corrected chi connectivity index (χ2v) is 5.14. The van der Waals surface area contributed by atoms with Crippen molar-refractivity contribution in [2.24, 2.45) is 4.99 Å². The lowest BCUT2D eigenvalue weighted by molar-refractivity contribution is 0.713. The summed E-state index contributed by atoms with van der Waals surface area (Å²) in [4.78, 5) is 8.43. The smallest absolute Gasteiger partial charge is 0.191 e. The summed E-state index contributed by atoms with van der Waals surface area (Å²) in [6.07, 6.45) is 5.61. The molecule has 0 aliphatic carbocycles. The number of benzene rings is 1. The first kappa shape index (κ1) is 12.7. The van der Waals surface area contributed by atoms with Crippen molar-refractivity contribution < 1.29 is 0 Å². The van der Waals surface area contributed by atoms with Crippen LogP contribution in [0.4, 0.5) is 0 Å². The van der Waals surface area contributed by atoms with E-state index >= 15 is 0 Å². The molecule has 0 radical (unpaired) electrons. The summed E-state index contributed by atoms with van der Waals surface area (Å²) in [6.45, 7) is 4.64. The van der Waals surface area contributed by atoms with Gasteiger partial charge in [-0.1, -0.05) is 24.3 Å². The number of hydrogen-bond acceptors (Lipinski definition) is 4. The highest BCUT2D eigenvalue weighted by molar-refractivity contribution is 5.81. The van der Waals surface area contributed by atoms with Crippen LogP contribution in [-0.4, -0.2) is 28.1 Å². The Morgan fingerprint density at radius 2 is 2.10 bits per heavy atom. The number of hydrogen-bond donors (Lipinski definition) is 2. The molecule has 104 valence electrons. The molecule has 0 saturated carbocycles. The molecule has 0 spiro atoms. The summed E-state index contributed by atoms with van der Waals surface area (Å²) in [5.74, 6) is 0.903. The molecule has 1 aliphatic heterocycles. The maximum atomic E-state index is 4.38. The summed E-state index contributed by atoms with van der Waals surface area (Å²) in [5.41, 5.74) is 2.53. The predicted octanol–water partition coefficient (Wildman–Crippen LogP) is 1.37. The number of aliphatic imine (C=N–C) groups is 1. The predicted molar refractivity (Wildman–Crippen MR) is 79.5 cm³/mol.